The summed E-state index contributed by atoms with van der Waals surface area (Å²) < 4.78 is 0. The molecule has 2 N–H and O–H groups in total. The Morgan fingerprint density at radius 3 is 2.30 bits per heavy atom. The topological polar surface area (TPSA) is 61.4 Å². The quantitative estimate of drug-likeness (QED) is 0.891. The normalized spacial score (nSPS) is 24.0. The van der Waals surface area contributed by atoms with Crippen LogP contribution in [0.25, 0.3) is 0 Å². The smallest absolute Gasteiger partial charge is 0.226 e. The summed E-state index contributed by atoms with van der Waals surface area (Å²) >= 11 is 0. The van der Waals surface area contributed by atoms with E-state index < -0.39 is 0 Å². The molecule has 0 unspecified atom stereocenters. The Hall–Kier alpha value is -1.88. The van der Waals surface area contributed by atoms with Gasteiger partial charge in [-0.1, -0.05) is 12.1 Å². The van der Waals surface area contributed by atoms with Crippen molar-refractivity contribution >= 4 is 17.5 Å². The maximum atomic E-state index is 12.5. The van der Waals surface area contributed by atoms with E-state index in [1.807, 2.05) is 29.2 Å². The first-order valence-electron chi connectivity index (χ1n) is 8.47. The second-order valence-corrected chi connectivity index (χ2v) is 6.69. The second-order valence-electron chi connectivity index (χ2n) is 6.69. The summed E-state index contributed by atoms with van der Waals surface area (Å²) in [5, 5.41) is 6.20. The van der Waals surface area contributed by atoms with Gasteiger partial charge in [-0.15, -0.1) is 0 Å². The van der Waals surface area contributed by atoms with E-state index in [4.69, 9.17) is 0 Å². The number of carbonyl (C=O) groups is 2. The highest BCUT2D eigenvalue weighted by Gasteiger charge is 2.31. The van der Waals surface area contributed by atoms with Gasteiger partial charge in [0, 0.05) is 25.7 Å². The molecule has 23 heavy (non-hydrogen) atoms. The molecule has 0 bridgehead atoms. The molecule has 2 aliphatic heterocycles. The Balaban J connectivity index is 1.55. The molecule has 1 aromatic carbocycles. The second kappa shape index (κ2) is 7.13. The van der Waals surface area contributed by atoms with Crippen LogP contribution in [0, 0.1) is 11.8 Å². The number of amides is 2. The van der Waals surface area contributed by atoms with E-state index in [-0.39, 0.29) is 11.8 Å². The summed E-state index contributed by atoms with van der Waals surface area (Å²) in [7, 11) is 0. The number of hydrogen-bond donors (Lipinski definition) is 2. The largest absolute Gasteiger partial charge is 0.342 e. The van der Waals surface area contributed by atoms with E-state index >= 15 is 0 Å². The van der Waals surface area contributed by atoms with Crippen molar-refractivity contribution in [3.8, 4) is 0 Å². The van der Waals surface area contributed by atoms with E-state index in [2.05, 4.69) is 10.6 Å². The van der Waals surface area contributed by atoms with Gasteiger partial charge in [0.05, 0.1) is 6.42 Å². The maximum absolute atomic E-state index is 12.5. The highest BCUT2D eigenvalue weighted by molar-refractivity contribution is 5.88. The Morgan fingerprint density at radius 1 is 1.13 bits per heavy atom. The van der Waals surface area contributed by atoms with Gasteiger partial charge in [-0.2, -0.15) is 0 Å². The lowest BCUT2D eigenvalue weighted by molar-refractivity contribution is -0.130. The van der Waals surface area contributed by atoms with Crippen LogP contribution in [0.3, 0.4) is 0 Å². The molecule has 0 spiro atoms. The van der Waals surface area contributed by atoms with E-state index in [1.54, 1.807) is 0 Å². The lowest BCUT2D eigenvalue weighted by atomic mass is 9.92. The number of likely N-dealkylation sites (tertiary alicyclic amines) is 1. The van der Waals surface area contributed by atoms with E-state index in [9.17, 15) is 9.59 Å². The average Bonchev–Trinajstić information content (AvgIpc) is 2.87. The van der Waals surface area contributed by atoms with Crippen LogP contribution in [0.4, 0.5) is 5.69 Å². The van der Waals surface area contributed by atoms with E-state index in [0.29, 0.717) is 6.42 Å². The van der Waals surface area contributed by atoms with Gasteiger partial charge in [-0.3, -0.25) is 9.59 Å². The van der Waals surface area contributed by atoms with Gasteiger partial charge in [0.2, 0.25) is 11.8 Å². The Labute approximate surface area is 137 Å². The number of nitrogens with one attached hydrogen (secondary N) is 2. The molecule has 2 saturated heterocycles. The molecule has 2 heterocycles. The summed E-state index contributed by atoms with van der Waals surface area (Å²) in [6, 6.07) is 7.53. The molecule has 2 atom stereocenters. The minimum Gasteiger partial charge on any atom is -0.342 e. The number of fused-ring (bicyclic) bond motifs is 1. The van der Waals surface area contributed by atoms with E-state index in [1.165, 1.54) is 6.92 Å². The van der Waals surface area contributed by atoms with Crippen molar-refractivity contribution in [1.29, 1.82) is 0 Å². The highest BCUT2D eigenvalue weighted by Crippen LogP contribution is 2.27. The fraction of sp³-hybridized carbons (Fsp3) is 0.556. The predicted molar refractivity (Wildman–Crippen MR) is 90.1 cm³/mol. The van der Waals surface area contributed by atoms with Gasteiger partial charge in [-0.25, -0.2) is 0 Å². The number of benzene rings is 1. The van der Waals surface area contributed by atoms with Gasteiger partial charge in [0.25, 0.3) is 0 Å². The van der Waals surface area contributed by atoms with Crippen molar-refractivity contribution < 1.29 is 9.59 Å². The summed E-state index contributed by atoms with van der Waals surface area (Å²) in [6.45, 7) is 5.47. The highest BCUT2D eigenvalue weighted by atomic mass is 16.2. The third-order valence-electron chi connectivity index (χ3n) is 5.00. The summed E-state index contributed by atoms with van der Waals surface area (Å²) in [5.41, 5.74) is 1.76. The fourth-order valence-corrected chi connectivity index (χ4v) is 3.66. The maximum Gasteiger partial charge on any atom is 0.226 e. The van der Waals surface area contributed by atoms with Gasteiger partial charge < -0.3 is 15.5 Å². The first-order chi connectivity index (χ1) is 11.1. The minimum absolute atomic E-state index is 0.0848. The van der Waals surface area contributed by atoms with Crippen molar-refractivity contribution in [1.82, 2.24) is 10.2 Å². The first kappa shape index (κ1) is 16.0. The summed E-state index contributed by atoms with van der Waals surface area (Å²) in [6.07, 6.45) is 2.67. The van der Waals surface area contributed by atoms with Gasteiger partial charge in [-0.05, 0) is 55.5 Å². The molecule has 2 fully saturated rings. The molecular formula is C18H25N3O2. The molecule has 124 valence electrons. The Kier molecular flexibility index (Phi) is 4.96. The van der Waals surface area contributed by atoms with Crippen LogP contribution >= 0.6 is 0 Å². The zero-order valence-electron chi connectivity index (χ0n) is 13.7. The van der Waals surface area contributed by atoms with Crippen LogP contribution in [-0.2, 0) is 16.0 Å². The van der Waals surface area contributed by atoms with Gasteiger partial charge >= 0.3 is 0 Å². The molecule has 2 amide bonds. The summed E-state index contributed by atoms with van der Waals surface area (Å²) in [4.78, 5) is 25.6. The number of nitrogens with zero attached hydrogens (tertiary/aromatic N) is 1. The van der Waals surface area contributed by atoms with Gasteiger partial charge in [0.15, 0.2) is 0 Å². The van der Waals surface area contributed by atoms with Crippen molar-refractivity contribution in [3.63, 3.8) is 0 Å². The third-order valence-corrected chi connectivity index (χ3v) is 5.00. The molecule has 3 rings (SSSR count). The molecular weight excluding hydrogens is 290 g/mol. The Bertz CT molecular complexity index is 556. The molecule has 2 aliphatic rings. The lowest BCUT2D eigenvalue weighted by Crippen LogP contribution is -2.33. The van der Waals surface area contributed by atoms with Crippen molar-refractivity contribution in [2.24, 2.45) is 11.8 Å². The number of rotatable bonds is 3. The number of hydrogen-bond acceptors (Lipinski definition) is 3. The zero-order valence-corrected chi connectivity index (χ0v) is 13.7. The van der Waals surface area contributed by atoms with Crippen molar-refractivity contribution in [2.75, 3.05) is 31.5 Å². The van der Waals surface area contributed by atoms with Crippen LogP contribution in [0.2, 0.25) is 0 Å². The first-order valence-corrected chi connectivity index (χ1v) is 8.47. The molecule has 0 radical (unpaired) electrons. The molecule has 1 aromatic rings. The Morgan fingerprint density at radius 2 is 1.74 bits per heavy atom. The predicted octanol–water partition coefficient (Wildman–Crippen LogP) is 1.65. The third kappa shape index (κ3) is 4.10. The number of anilines is 1. The van der Waals surface area contributed by atoms with Crippen molar-refractivity contribution in [3.05, 3.63) is 29.8 Å². The van der Waals surface area contributed by atoms with E-state index in [0.717, 1.165) is 62.1 Å². The van der Waals surface area contributed by atoms with Crippen LogP contribution in [-0.4, -0.2) is 42.9 Å². The van der Waals surface area contributed by atoms with Crippen LogP contribution < -0.4 is 10.6 Å². The molecule has 0 aromatic heterocycles. The van der Waals surface area contributed by atoms with Crippen molar-refractivity contribution in [2.45, 2.75) is 26.2 Å². The molecule has 0 aliphatic carbocycles. The monoisotopic (exact) mass is 315 g/mol. The zero-order chi connectivity index (χ0) is 16.2. The summed E-state index contributed by atoms with van der Waals surface area (Å²) in [5.74, 6) is 1.61. The molecule has 0 saturated carbocycles. The lowest BCUT2D eigenvalue weighted by Gasteiger charge is -2.21. The van der Waals surface area contributed by atoms with Crippen LogP contribution in [0.1, 0.15) is 25.3 Å². The van der Waals surface area contributed by atoms with Crippen LogP contribution in [0.15, 0.2) is 24.3 Å². The average molecular weight is 315 g/mol. The fourth-order valence-electron chi connectivity index (χ4n) is 3.66. The molecule has 5 nitrogen and oxygen atoms in total. The molecule has 5 heteroatoms. The SMILES string of the molecule is CC(=O)Nc1ccc(CC(=O)N2CC[C@@H]3CNC[C@@H]3CC2)cc1. The van der Waals surface area contributed by atoms with Crippen LogP contribution in [0.5, 0.6) is 0 Å². The minimum atomic E-state index is -0.0848. The standard InChI is InChI=1S/C18H25N3O2/c1-13(22)20-17-4-2-14(3-5-17)10-18(23)21-8-6-15-11-19-12-16(15)7-9-21/h2-5,15-16,19H,6-12H2,1H3,(H,20,22)/t15-,16+. The van der Waals surface area contributed by atoms with Gasteiger partial charge in [0.1, 0.15) is 0 Å². The number of carbonyl (C=O) groups excluding carboxylic acids is 2.